The largest absolute Gasteiger partial charge is 0.465 e. The van der Waals surface area contributed by atoms with Crippen LogP contribution in [-0.2, 0) is 14.3 Å². The number of hydrogen-bond donors (Lipinski definition) is 1. The van der Waals surface area contributed by atoms with Crippen molar-refractivity contribution >= 4 is 5.97 Å². The van der Waals surface area contributed by atoms with Crippen LogP contribution >= 0.6 is 0 Å². The number of ether oxygens (including phenoxy) is 2. The lowest BCUT2D eigenvalue weighted by Crippen LogP contribution is -2.47. The Labute approximate surface area is 98.5 Å². The van der Waals surface area contributed by atoms with E-state index in [0.29, 0.717) is 0 Å². The molecular weight excluding hydrogens is 239 g/mol. The molecule has 4 nitrogen and oxygen atoms in total. The van der Waals surface area contributed by atoms with Gasteiger partial charge in [0, 0.05) is 13.0 Å². The van der Waals surface area contributed by atoms with Gasteiger partial charge in [-0.1, -0.05) is 6.92 Å². The lowest BCUT2D eigenvalue weighted by molar-refractivity contribution is -0.151. The van der Waals surface area contributed by atoms with Crippen molar-refractivity contribution in [2.45, 2.75) is 26.1 Å². The van der Waals surface area contributed by atoms with Gasteiger partial charge < -0.3 is 9.47 Å². The molecule has 0 aromatic carbocycles. The van der Waals surface area contributed by atoms with Gasteiger partial charge in [0.25, 0.3) is 0 Å². The van der Waals surface area contributed by atoms with Crippen LogP contribution in [0.2, 0.25) is 0 Å². The van der Waals surface area contributed by atoms with Crippen LogP contribution in [0.5, 0.6) is 0 Å². The maximum absolute atomic E-state index is 12.1. The standard InChI is InChI=1S/C10H18F3NO3/c1-4-17-9(15)8(7(2)5-16-3)14-6-10(11,12)13/h7-8,14H,4-6H2,1-3H3. The minimum Gasteiger partial charge on any atom is -0.465 e. The highest BCUT2D eigenvalue weighted by Crippen LogP contribution is 2.14. The van der Waals surface area contributed by atoms with Crippen molar-refractivity contribution in [2.24, 2.45) is 5.92 Å². The Hall–Kier alpha value is -0.820. The summed E-state index contributed by atoms with van der Waals surface area (Å²) in [5.41, 5.74) is 0. The number of hydrogen-bond acceptors (Lipinski definition) is 4. The lowest BCUT2D eigenvalue weighted by atomic mass is 10.0. The van der Waals surface area contributed by atoms with Crippen LogP contribution < -0.4 is 5.32 Å². The van der Waals surface area contributed by atoms with Gasteiger partial charge in [0.1, 0.15) is 6.04 Å². The van der Waals surface area contributed by atoms with Crippen LogP contribution in [0.1, 0.15) is 13.8 Å². The minimum absolute atomic E-state index is 0.128. The van der Waals surface area contributed by atoms with Gasteiger partial charge in [-0.25, -0.2) is 0 Å². The molecule has 0 aliphatic heterocycles. The molecule has 0 radical (unpaired) electrons. The molecule has 17 heavy (non-hydrogen) atoms. The fraction of sp³-hybridized carbons (Fsp3) is 0.900. The van der Waals surface area contributed by atoms with Crippen molar-refractivity contribution in [1.82, 2.24) is 5.32 Å². The third kappa shape index (κ3) is 7.17. The van der Waals surface area contributed by atoms with Gasteiger partial charge in [0.15, 0.2) is 0 Å². The Morgan fingerprint density at radius 1 is 1.41 bits per heavy atom. The van der Waals surface area contributed by atoms with E-state index in [1.165, 1.54) is 7.11 Å². The van der Waals surface area contributed by atoms with Crippen molar-refractivity contribution in [2.75, 3.05) is 26.9 Å². The van der Waals surface area contributed by atoms with Gasteiger partial charge in [-0.3, -0.25) is 10.1 Å². The number of halogens is 3. The third-order valence-electron chi connectivity index (χ3n) is 2.06. The summed E-state index contributed by atoms with van der Waals surface area (Å²) in [4.78, 5) is 11.5. The third-order valence-corrected chi connectivity index (χ3v) is 2.06. The van der Waals surface area contributed by atoms with Crippen molar-refractivity contribution in [3.63, 3.8) is 0 Å². The zero-order valence-electron chi connectivity index (χ0n) is 10.1. The quantitative estimate of drug-likeness (QED) is 0.699. The summed E-state index contributed by atoms with van der Waals surface area (Å²) in [6.45, 7) is 2.29. The number of nitrogens with one attached hydrogen (secondary N) is 1. The molecule has 2 atom stereocenters. The summed E-state index contributed by atoms with van der Waals surface area (Å²) in [6.07, 6.45) is -4.36. The second-order valence-electron chi connectivity index (χ2n) is 3.66. The summed E-state index contributed by atoms with van der Waals surface area (Å²) >= 11 is 0. The van der Waals surface area contributed by atoms with E-state index in [9.17, 15) is 18.0 Å². The average Bonchev–Trinajstić information content (AvgIpc) is 2.16. The first kappa shape index (κ1) is 16.2. The molecule has 102 valence electrons. The molecule has 0 saturated heterocycles. The predicted molar refractivity (Wildman–Crippen MR) is 55.5 cm³/mol. The van der Waals surface area contributed by atoms with Crippen LogP contribution in [-0.4, -0.2) is 45.1 Å². The Kier molecular flexibility index (Phi) is 7.13. The van der Waals surface area contributed by atoms with Gasteiger partial charge in [-0.2, -0.15) is 13.2 Å². The Morgan fingerprint density at radius 3 is 2.41 bits per heavy atom. The number of carbonyl (C=O) groups excluding carboxylic acids is 1. The van der Waals surface area contributed by atoms with Crippen molar-refractivity contribution < 1.29 is 27.4 Å². The van der Waals surface area contributed by atoms with Crippen LogP contribution in [0, 0.1) is 5.92 Å². The SMILES string of the molecule is CCOC(=O)C(NCC(F)(F)F)C(C)COC. The van der Waals surface area contributed by atoms with Crippen LogP contribution in [0.25, 0.3) is 0 Å². The molecule has 0 heterocycles. The molecule has 0 bridgehead atoms. The smallest absolute Gasteiger partial charge is 0.401 e. The molecule has 0 rings (SSSR count). The van der Waals surface area contributed by atoms with Gasteiger partial charge in [0.05, 0.1) is 19.8 Å². The second-order valence-corrected chi connectivity index (χ2v) is 3.66. The van der Waals surface area contributed by atoms with E-state index in [1.807, 2.05) is 0 Å². The molecule has 2 unspecified atom stereocenters. The maximum Gasteiger partial charge on any atom is 0.401 e. The van der Waals surface area contributed by atoms with E-state index in [-0.39, 0.29) is 13.2 Å². The molecule has 0 aliphatic rings. The second kappa shape index (κ2) is 7.50. The Balaban J connectivity index is 4.44. The molecule has 0 amide bonds. The molecule has 0 aliphatic carbocycles. The predicted octanol–water partition coefficient (Wildman–Crippen LogP) is 1.35. The summed E-state index contributed by atoms with van der Waals surface area (Å²) in [7, 11) is 1.42. The average molecular weight is 257 g/mol. The topological polar surface area (TPSA) is 47.6 Å². The molecule has 1 N–H and O–H groups in total. The molecule has 7 heteroatoms. The first-order valence-electron chi connectivity index (χ1n) is 5.27. The van der Waals surface area contributed by atoms with Crippen LogP contribution in [0.3, 0.4) is 0 Å². The first-order chi connectivity index (χ1) is 7.81. The maximum atomic E-state index is 12.1. The Bertz CT molecular complexity index is 233. The summed E-state index contributed by atoms with van der Waals surface area (Å²) < 4.78 is 45.7. The first-order valence-corrected chi connectivity index (χ1v) is 5.27. The molecule has 0 fully saturated rings. The number of alkyl halides is 3. The Morgan fingerprint density at radius 2 is 2.00 bits per heavy atom. The van der Waals surface area contributed by atoms with Gasteiger partial charge in [0.2, 0.25) is 0 Å². The highest BCUT2D eigenvalue weighted by molar-refractivity contribution is 5.76. The number of esters is 1. The number of rotatable bonds is 7. The van der Waals surface area contributed by atoms with Crippen molar-refractivity contribution in [1.29, 1.82) is 0 Å². The van der Waals surface area contributed by atoms with E-state index >= 15 is 0 Å². The highest BCUT2D eigenvalue weighted by atomic mass is 19.4. The summed E-state index contributed by atoms with van der Waals surface area (Å²) in [5.74, 6) is -1.09. The van der Waals surface area contributed by atoms with E-state index in [1.54, 1.807) is 13.8 Å². The normalized spacial score (nSPS) is 15.4. The molecule has 0 saturated carbocycles. The monoisotopic (exact) mass is 257 g/mol. The molecule has 0 aromatic heterocycles. The van der Waals surface area contributed by atoms with E-state index in [4.69, 9.17) is 9.47 Å². The summed E-state index contributed by atoms with van der Waals surface area (Å²) in [5, 5.41) is 2.15. The van der Waals surface area contributed by atoms with Gasteiger partial charge in [-0.15, -0.1) is 0 Å². The van der Waals surface area contributed by atoms with E-state index in [2.05, 4.69) is 5.32 Å². The fourth-order valence-corrected chi connectivity index (χ4v) is 1.33. The molecule has 0 spiro atoms. The highest BCUT2D eigenvalue weighted by Gasteiger charge is 2.33. The summed E-state index contributed by atoms with van der Waals surface area (Å²) in [6, 6.07) is -1.02. The zero-order valence-corrected chi connectivity index (χ0v) is 10.1. The van der Waals surface area contributed by atoms with Crippen molar-refractivity contribution in [3.05, 3.63) is 0 Å². The molecular formula is C10H18F3NO3. The van der Waals surface area contributed by atoms with E-state index < -0.39 is 30.7 Å². The van der Waals surface area contributed by atoms with Gasteiger partial charge in [-0.05, 0) is 6.92 Å². The zero-order chi connectivity index (χ0) is 13.5. The van der Waals surface area contributed by atoms with Crippen LogP contribution in [0.15, 0.2) is 0 Å². The number of carbonyl (C=O) groups is 1. The fourth-order valence-electron chi connectivity index (χ4n) is 1.33. The number of methoxy groups -OCH3 is 1. The van der Waals surface area contributed by atoms with Crippen molar-refractivity contribution in [3.8, 4) is 0 Å². The van der Waals surface area contributed by atoms with E-state index in [0.717, 1.165) is 0 Å². The van der Waals surface area contributed by atoms with Crippen LogP contribution in [0.4, 0.5) is 13.2 Å². The lowest BCUT2D eigenvalue weighted by Gasteiger charge is -2.23. The van der Waals surface area contributed by atoms with Gasteiger partial charge >= 0.3 is 12.1 Å². The minimum atomic E-state index is -4.36. The molecule has 0 aromatic rings.